The molecule has 0 bridgehead atoms. The molecule has 1 rings (SSSR count). The van der Waals surface area contributed by atoms with Crippen LogP contribution in [0.25, 0.3) is 6.08 Å². The summed E-state index contributed by atoms with van der Waals surface area (Å²) in [6.07, 6.45) is 1.83. The molecule has 0 atom stereocenters. The van der Waals surface area contributed by atoms with Crippen molar-refractivity contribution in [1.29, 1.82) is 0 Å². The minimum absolute atomic E-state index is 0.0921. The Balaban J connectivity index is 2.57. The Labute approximate surface area is 86.6 Å². The molecule has 0 fully saturated rings. The number of ether oxygens (including phenoxy) is 1. The molecule has 4 heteroatoms. The third-order valence-electron chi connectivity index (χ3n) is 1.55. The van der Waals surface area contributed by atoms with Crippen molar-refractivity contribution >= 4 is 23.4 Å². The molecule has 0 spiro atoms. The first-order valence-corrected chi connectivity index (χ1v) is 5.07. The summed E-state index contributed by atoms with van der Waals surface area (Å²) in [5.41, 5.74) is 0.697. The molecule has 76 valence electrons. The van der Waals surface area contributed by atoms with E-state index in [0.717, 1.165) is 4.88 Å². The second-order valence-corrected chi connectivity index (χ2v) is 3.74. The number of hydrogen-bond acceptors (Lipinski definition) is 4. The Bertz CT molecular complexity index is 314. The maximum absolute atomic E-state index is 10.5. The third-order valence-corrected chi connectivity index (χ3v) is 2.37. The number of carbonyl (C=O) groups is 1. The van der Waals surface area contributed by atoms with Crippen LogP contribution in [0.3, 0.4) is 0 Å². The molecular weight excluding hydrogens is 200 g/mol. The average molecular weight is 212 g/mol. The van der Waals surface area contributed by atoms with Crippen molar-refractivity contribution in [3.05, 3.63) is 28.0 Å². The highest BCUT2D eigenvalue weighted by Crippen LogP contribution is 2.13. The van der Waals surface area contributed by atoms with Gasteiger partial charge in [-0.1, -0.05) is 6.07 Å². The van der Waals surface area contributed by atoms with E-state index >= 15 is 0 Å². The summed E-state index contributed by atoms with van der Waals surface area (Å²) in [5, 5.41) is 10.9. The molecule has 0 aliphatic heterocycles. The third kappa shape index (κ3) is 3.72. The Hall–Kier alpha value is -1.13. The summed E-state index contributed by atoms with van der Waals surface area (Å²) >= 11 is 1.57. The molecule has 0 saturated carbocycles. The SMILES string of the molecule is CC(=O)OC/C(=C/c1cccs1)CO. The quantitative estimate of drug-likeness (QED) is 0.772. The zero-order chi connectivity index (χ0) is 10.4. The van der Waals surface area contributed by atoms with Crippen molar-refractivity contribution in [2.24, 2.45) is 0 Å². The van der Waals surface area contributed by atoms with Gasteiger partial charge < -0.3 is 9.84 Å². The highest BCUT2D eigenvalue weighted by atomic mass is 32.1. The maximum Gasteiger partial charge on any atom is 0.302 e. The first-order valence-electron chi connectivity index (χ1n) is 4.19. The van der Waals surface area contributed by atoms with Gasteiger partial charge in [-0.25, -0.2) is 0 Å². The molecule has 0 aromatic carbocycles. The van der Waals surface area contributed by atoms with Gasteiger partial charge in [0.15, 0.2) is 0 Å². The van der Waals surface area contributed by atoms with Gasteiger partial charge in [-0.2, -0.15) is 0 Å². The normalized spacial score (nSPS) is 11.4. The second-order valence-electron chi connectivity index (χ2n) is 2.76. The molecule has 0 aliphatic carbocycles. The average Bonchev–Trinajstić information content (AvgIpc) is 2.64. The van der Waals surface area contributed by atoms with Crippen molar-refractivity contribution in [3.8, 4) is 0 Å². The van der Waals surface area contributed by atoms with Crippen LogP contribution in [0.1, 0.15) is 11.8 Å². The fourth-order valence-corrected chi connectivity index (χ4v) is 1.61. The lowest BCUT2D eigenvalue weighted by Crippen LogP contribution is -2.05. The largest absolute Gasteiger partial charge is 0.461 e. The van der Waals surface area contributed by atoms with Gasteiger partial charge in [0, 0.05) is 11.8 Å². The maximum atomic E-state index is 10.5. The molecular formula is C10H12O3S. The standard InChI is InChI=1S/C10H12O3S/c1-8(12)13-7-9(6-11)5-10-3-2-4-14-10/h2-5,11H,6-7H2,1H3/b9-5+. The van der Waals surface area contributed by atoms with Crippen molar-refractivity contribution in [1.82, 2.24) is 0 Å². The van der Waals surface area contributed by atoms with E-state index in [1.165, 1.54) is 6.92 Å². The van der Waals surface area contributed by atoms with E-state index < -0.39 is 0 Å². The van der Waals surface area contributed by atoms with Crippen LogP contribution in [0.15, 0.2) is 23.1 Å². The van der Waals surface area contributed by atoms with E-state index in [1.54, 1.807) is 11.3 Å². The monoisotopic (exact) mass is 212 g/mol. The van der Waals surface area contributed by atoms with Gasteiger partial charge in [-0.05, 0) is 23.1 Å². The summed E-state index contributed by atoms with van der Waals surface area (Å²) < 4.78 is 4.78. The summed E-state index contributed by atoms with van der Waals surface area (Å²) in [6, 6.07) is 3.87. The molecule has 0 saturated heterocycles. The zero-order valence-corrected chi connectivity index (χ0v) is 8.71. The molecule has 1 aromatic heterocycles. The van der Waals surface area contributed by atoms with Gasteiger partial charge in [0.05, 0.1) is 6.61 Å². The van der Waals surface area contributed by atoms with Gasteiger partial charge in [-0.3, -0.25) is 4.79 Å². The number of rotatable bonds is 4. The summed E-state index contributed by atoms with van der Waals surface area (Å²) in [6.45, 7) is 1.41. The van der Waals surface area contributed by atoms with Gasteiger partial charge in [0.2, 0.25) is 0 Å². The highest BCUT2D eigenvalue weighted by molar-refractivity contribution is 7.10. The molecule has 3 nitrogen and oxygen atoms in total. The smallest absolute Gasteiger partial charge is 0.302 e. The first kappa shape index (κ1) is 10.9. The number of aliphatic hydroxyl groups is 1. The van der Waals surface area contributed by atoms with Crippen molar-refractivity contribution in [2.45, 2.75) is 6.92 Å². The lowest BCUT2D eigenvalue weighted by Gasteiger charge is -2.03. The topological polar surface area (TPSA) is 46.5 Å². The Morgan fingerprint density at radius 1 is 1.71 bits per heavy atom. The van der Waals surface area contributed by atoms with E-state index in [2.05, 4.69) is 0 Å². The minimum atomic E-state index is -0.337. The molecule has 1 aromatic rings. The molecule has 1 heterocycles. The molecule has 0 radical (unpaired) electrons. The van der Waals surface area contributed by atoms with Gasteiger partial charge in [-0.15, -0.1) is 11.3 Å². The molecule has 14 heavy (non-hydrogen) atoms. The second kappa shape index (κ2) is 5.57. The Morgan fingerprint density at radius 2 is 2.50 bits per heavy atom. The van der Waals surface area contributed by atoms with Crippen LogP contribution in [-0.2, 0) is 9.53 Å². The summed E-state index contributed by atoms with van der Waals surface area (Å²) in [5.74, 6) is -0.337. The fourth-order valence-electron chi connectivity index (χ4n) is 0.902. The summed E-state index contributed by atoms with van der Waals surface area (Å²) in [7, 11) is 0. The van der Waals surface area contributed by atoms with Gasteiger partial charge >= 0.3 is 5.97 Å². The Morgan fingerprint density at radius 3 is 3.00 bits per heavy atom. The van der Waals surface area contributed by atoms with Gasteiger partial charge in [0.25, 0.3) is 0 Å². The molecule has 0 unspecified atom stereocenters. The van der Waals surface area contributed by atoms with Crippen LogP contribution in [0.5, 0.6) is 0 Å². The van der Waals surface area contributed by atoms with Crippen molar-refractivity contribution in [2.75, 3.05) is 13.2 Å². The number of thiophene rings is 1. The molecule has 0 amide bonds. The number of aliphatic hydroxyl groups excluding tert-OH is 1. The highest BCUT2D eigenvalue weighted by Gasteiger charge is 1.99. The van der Waals surface area contributed by atoms with Crippen LogP contribution in [0, 0.1) is 0 Å². The number of hydrogen-bond donors (Lipinski definition) is 1. The lowest BCUT2D eigenvalue weighted by molar-refractivity contribution is -0.140. The van der Waals surface area contributed by atoms with Crippen molar-refractivity contribution < 1.29 is 14.6 Å². The van der Waals surface area contributed by atoms with E-state index in [0.29, 0.717) is 5.57 Å². The number of carbonyl (C=O) groups excluding carboxylic acids is 1. The van der Waals surface area contributed by atoms with Crippen LogP contribution in [0.2, 0.25) is 0 Å². The zero-order valence-electron chi connectivity index (χ0n) is 7.90. The van der Waals surface area contributed by atoms with Crippen LogP contribution in [-0.4, -0.2) is 24.3 Å². The van der Waals surface area contributed by atoms with E-state index in [1.807, 2.05) is 23.6 Å². The van der Waals surface area contributed by atoms with Crippen LogP contribution < -0.4 is 0 Å². The van der Waals surface area contributed by atoms with Gasteiger partial charge in [0.1, 0.15) is 6.61 Å². The van der Waals surface area contributed by atoms with Crippen molar-refractivity contribution in [3.63, 3.8) is 0 Å². The minimum Gasteiger partial charge on any atom is -0.461 e. The predicted molar refractivity (Wildman–Crippen MR) is 56.0 cm³/mol. The lowest BCUT2D eigenvalue weighted by atomic mass is 10.2. The van der Waals surface area contributed by atoms with Crippen LogP contribution >= 0.6 is 11.3 Å². The number of esters is 1. The van der Waals surface area contributed by atoms with E-state index in [9.17, 15) is 4.79 Å². The Kier molecular flexibility index (Phi) is 4.35. The first-order chi connectivity index (χ1) is 6.72. The fraction of sp³-hybridized carbons (Fsp3) is 0.300. The molecule has 1 N–H and O–H groups in total. The van der Waals surface area contributed by atoms with E-state index in [-0.39, 0.29) is 19.2 Å². The van der Waals surface area contributed by atoms with Crippen LogP contribution in [0.4, 0.5) is 0 Å². The predicted octanol–water partition coefficient (Wildman–Crippen LogP) is 1.69. The summed E-state index contributed by atoms with van der Waals surface area (Å²) in [4.78, 5) is 11.6. The van der Waals surface area contributed by atoms with E-state index in [4.69, 9.17) is 9.84 Å². The molecule has 0 aliphatic rings.